The molecule has 1 aliphatic heterocycles. The first-order valence-electron chi connectivity index (χ1n) is 7.41. The molecule has 1 rings (SSSR count). The lowest BCUT2D eigenvalue weighted by atomic mass is 10.1. The van der Waals surface area contributed by atoms with Crippen LogP contribution in [-0.4, -0.2) is 35.7 Å². The third-order valence-corrected chi connectivity index (χ3v) is 3.49. The summed E-state index contributed by atoms with van der Waals surface area (Å²) in [6, 6.07) is -0.800. The monoisotopic (exact) mass is 283 g/mol. The van der Waals surface area contributed by atoms with Crippen molar-refractivity contribution in [1.82, 2.24) is 5.32 Å². The van der Waals surface area contributed by atoms with Crippen molar-refractivity contribution in [3.05, 3.63) is 12.7 Å². The lowest BCUT2D eigenvalue weighted by Gasteiger charge is -2.17. The summed E-state index contributed by atoms with van der Waals surface area (Å²) in [5, 5.41) is 11.7. The van der Waals surface area contributed by atoms with E-state index in [1.807, 2.05) is 6.08 Å². The molecule has 0 bridgehead atoms. The minimum absolute atomic E-state index is 0.290. The molecule has 0 radical (unpaired) electrons. The minimum atomic E-state index is -0.970. The SMILES string of the molecule is C=CCCCCCC[C@@H](NC(=O)[C@@H]1CCCO1)C(=O)O. The molecule has 5 nitrogen and oxygen atoms in total. The third-order valence-electron chi connectivity index (χ3n) is 3.49. The normalized spacial score (nSPS) is 19.5. The van der Waals surface area contributed by atoms with Crippen molar-refractivity contribution in [3.8, 4) is 0 Å². The van der Waals surface area contributed by atoms with Gasteiger partial charge in [0.1, 0.15) is 12.1 Å². The average molecular weight is 283 g/mol. The van der Waals surface area contributed by atoms with Gasteiger partial charge in [-0.05, 0) is 32.1 Å². The number of carboxylic acid groups (broad SMARTS) is 1. The van der Waals surface area contributed by atoms with Gasteiger partial charge in [0, 0.05) is 6.61 Å². The summed E-state index contributed by atoms with van der Waals surface area (Å²) in [4.78, 5) is 23.0. The number of allylic oxidation sites excluding steroid dienone is 1. The molecule has 0 aromatic heterocycles. The number of nitrogens with one attached hydrogen (secondary N) is 1. The molecule has 1 fully saturated rings. The molecule has 2 N–H and O–H groups in total. The van der Waals surface area contributed by atoms with Gasteiger partial charge in [-0.3, -0.25) is 4.79 Å². The predicted octanol–water partition coefficient (Wildman–Crippen LogP) is 2.26. The Labute approximate surface area is 120 Å². The molecule has 114 valence electrons. The Morgan fingerprint density at radius 1 is 1.35 bits per heavy atom. The van der Waals surface area contributed by atoms with Crippen molar-refractivity contribution < 1.29 is 19.4 Å². The van der Waals surface area contributed by atoms with Crippen LogP contribution in [0.3, 0.4) is 0 Å². The fourth-order valence-electron chi connectivity index (χ4n) is 2.30. The highest BCUT2D eigenvalue weighted by Crippen LogP contribution is 2.13. The molecule has 0 saturated carbocycles. The first-order valence-corrected chi connectivity index (χ1v) is 7.41. The first-order chi connectivity index (χ1) is 9.65. The number of carbonyl (C=O) groups excluding carboxylic acids is 1. The van der Waals surface area contributed by atoms with Gasteiger partial charge in [-0.2, -0.15) is 0 Å². The van der Waals surface area contributed by atoms with Crippen LogP contribution in [-0.2, 0) is 14.3 Å². The van der Waals surface area contributed by atoms with E-state index in [1.54, 1.807) is 0 Å². The number of aliphatic carboxylic acids is 1. The van der Waals surface area contributed by atoms with Gasteiger partial charge in [-0.1, -0.05) is 25.3 Å². The third kappa shape index (κ3) is 6.19. The molecule has 0 spiro atoms. The fraction of sp³-hybridized carbons (Fsp3) is 0.733. The smallest absolute Gasteiger partial charge is 0.326 e. The van der Waals surface area contributed by atoms with Gasteiger partial charge in [0.05, 0.1) is 0 Å². The number of amides is 1. The second kappa shape index (κ2) is 9.53. The molecule has 2 atom stereocenters. The van der Waals surface area contributed by atoms with E-state index in [2.05, 4.69) is 11.9 Å². The number of hydrogen-bond donors (Lipinski definition) is 2. The van der Waals surface area contributed by atoms with E-state index < -0.39 is 18.1 Å². The fourth-order valence-corrected chi connectivity index (χ4v) is 2.30. The molecule has 1 aliphatic rings. The molecular weight excluding hydrogens is 258 g/mol. The topological polar surface area (TPSA) is 75.6 Å². The van der Waals surface area contributed by atoms with Crippen molar-refractivity contribution in [1.29, 1.82) is 0 Å². The number of hydrogen-bond acceptors (Lipinski definition) is 3. The molecule has 5 heteroatoms. The van der Waals surface area contributed by atoms with Gasteiger partial charge in [-0.25, -0.2) is 4.79 Å². The van der Waals surface area contributed by atoms with E-state index in [1.165, 1.54) is 0 Å². The Morgan fingerprint density at radius 2 is 2.10 bits per heavy atom. The van der Waals surface area contributed by atoms with Crippen molar-refractivity contribution in [2.75, 3.05) is 6.61 Å². The van der Waals surface area contributed by atoms with Gasteiger partial charge < -0.3 is 15.2 Å². The van der Waals surface area contributed by atoms with E-state index in [9.17, 15) is 9.59 Å². The quantitative estimate of drug-likeness (QED) is 0.476. The van der Waals surface area contributed by atoms with Crippen molar-refractivity contribution in [3.63, 3.8) is 0 Å². The van der Waals surface area contributed by atoms with E-state index in [0.29, 0.717) is 19.4 Å². The zero-order valence-electron chi connectivity index (χ0n) is 12.0. The van der Waals surface area contributed by atoms with E-state index in [-0.39, 0.29) is 5.91 Å². The van der Waals surface area contributed by atoms with Crippen molar-refractivity contribution in [2.24, 2.45) is 0 Å². The second-order valence-electron chi connectivity index (χ2n) is 5.18. The summed E-state index contributed by atoms with van der Waals surface area (Å²) in [7, 11) is 0. The maximum Gasteiger partial charge on any atom is 0.326 e. The molecular formula is C15H25NO4. The summed E-state index contributed by atoms with van der Waals surface area (Å²) < 4.78 is 5.25. The number of rotatable bonds is 10. The van der Waals surface area contributed by atoms with Crippen LogP contribution in [0.4, 0.5) is 0 Å². The molecule has 1 amide bonds. The lowest BCUT2D eigenvalue weighted by molar-refractivity contribution is -0.143. The van der Waals surface area contributed by atoms with Crippen LogP contribution in [0.25, 0.3) is 0 Å². The number of unbranched alkanes of at least 4 members (excludes halogenated alkanes) is 4. The Balaban J connectivity index is 2.23. The van der Waals surface area contributed by atoms with Crippen LogP contribution in [0, 0.1) is 0 Å². The second-order valence-corrected chi connectivity index (χ2v) is 5.18. The van der Waals surface area contributed by atoms with Crippen LogP contribution < -0.4 is 5.32 Å². The molecule has 0 aliphatic carbocycles. The van der Waals surface area contributed by atoms with Gasteiger partial charge in [0.15, 0.2) is 0 Å². The number of ether oxygens (including phenoxy) is 1. The molecule has 20 heavy (non-hydrogen) atoms. The van der Waals surface area contributed by atoms with Crippen LogP contribution in [0.1, 0.15) is 51.4 Å². The Bertz CT molecular complexity index is 324. The van der Waals surface area contributed by atoms with Crippen molar-refractivity contribution in [2.45, 2.75) is 63.5 Å². The average Bonchev–Trinajstić information content (AvgIpc) is 2.95. The summed E-state index contributed by atoms with van der Waals surface area (Å²) in [5.41, 5.74) is 0. The Morgan fingerprint density at radius 3 is 2.70 bits per heavy atom. The maximum atomic E-state index is 11.8. The zero-order valence-corrected chi connectivity index (χ0v) is 12.0. The number of carbonyl (C=O) groups is 2. The van der Waals surface area contributed by atoms with Crippen LogP contribution in [0.15, 0.2) is 12.7 Å². The molecule has 1 heterocycles. The molecule has 1 saturated heterocycles. The Kier molecular flexibility index (Phi) is 7.95. The largest absolute Gasteiger partial charge is 0.480 e. The Hall–Kier alpha value is -1.36. The summed E-state index contributed by atoms with van der Waals surface area (Å²) in [6.07, 6.45) is 8.37. The highest BCUT2D eigenvalue weighted by atomic mass is 16.5. The summed E-state index contributed by atoms with van der Waals surface area (Å²) >= 11 is 0. The highest BCUT2D eigenvalue weighted by molar-refractivity contribution is 5.86. The van der Waals surface area contributed by atoms with Gasteiger partial charge in [0.2, 0.25) is 5.91 Å². The van der Waals surface area contributed by atoms with Crippen LogP contribution >= 0.6 is 0 Å². The van der Waals surface area contributed by atoms with E-state index in [4.69, 9.17) is 9.84 Å². The summed E-state index contributed by atoms with van der Waals surface area (Å²) in [5.74, 6) is -1.26. The summed E-state index contributed by atoms with van der Waals surface area (Å²) in [6.45, 7) is 4.25. The highest BCUT2D eigenvalue weighted by Gasteiger charge is 2.27. The zero-order chi connectivity index (χ0) is 14.8. The van der Waals surface area contributed by atoms with Gasteiger partial charge >= 0.3 is 5.97 Å². The minimum Gasteiger partial charge on any atom is -0.480 e. The maximum absolute atomic E-state index is 11.8. The van der Waals surface area contributed by atoms with E-state index >= 15 is 0 Å². The number of carboxylic acids is 1. The lowest BCUT2D eigenvalue weighted by Crippen LogP contribution is -2.45. The predicted molar refractivity (Wildman–Crippen MR) is 76.4 cm³/mol. The standard InChI is InChI=1S/C15H25NO4/c1-2-3-4-5-6-7-9-12(15(18)19)16-14(17)13-10-8-11-20-13/h2,12-13H,1,3-11H2,(H,16,17)(H,18,19)/t12-,13+/m1/s1. The van der Waals surface area contributed by atoms with Crippen LogP contribution in [0.5, 0.6) is 0 Å². The van der Waals surface area contributed by atoms with Crippen molar-refractivity contribution >= 4 is 11.9 Å². The van der Waals surface area contributed by atoms with Gasteiger partial charge in [-0.15, -0.1) is 6.58 Å². The van der Waals surface area contributed by atoms with E-state index in [0.717, 1.165) is 38.5 Å². The molecule has 0 unspecified atom stereocenters. The van der Waals surface area contributed by atoms with Crippen LogP contribution in [0.2, 0.25) is 0 Å². The molecule has 0 aromatic rings. The van der Waals surface area contributed by atoms with Gasteiger partial charge in [0.25, 0.3) is 0 Å². The first kappa shape index (κ1) is 16.7. The molecule has 0 aromatic carbocycles.